The minimum Gasteiger partial charge on any atom is -0.467 e. The maximum Gasteiger partial charge on any atom is 0.134 e. The molecular weight excluding hydrogens is 234 g/mol. The highest BCUT2D eigenvalue weighted by molar-refractivity contribution is 5.04. The van der Waals surface area contributed by atoms with Crippen molar-refractivity contribution in [3.63, 3.8) is 0 Å². The second-order valence-corrected chi connectivity index (χ2v) is 3.98. The fourth-order valence-corrected chi connectivity index (χ4v) is 1.56. The second-order valence-electron chi connectivity index (χ2n) is 3.98. The van der Waals surface area contributed by atoms with Crippen molar-refractivity contribution in [3.05, 3.63) is 24.2 Å². The SMILES string of the molecule is CCC(N)C(OCCOCCOC)c1ccco1. The monoisotopic (exact) mass is 257 g/mol. The van der Waals surface area contributed by atoms with E-state index in [0.717, 1.165) is 12.2 Å². The molecule has 0 amide bonds. The van der Waals surface area contributed by atoms with Crippen LogP contribution in [0.3, 0.4) is 0 Å². The van der Waals surface area contributed by atoms with Gasteiger partial charge in [-0.3, -0.25) is 0 Å². The molecule has 0 saturated carbocycles. The Morgan fingerprint density at radius 3 is 2.67 bits per heavy atom. The molecule has 0 aliphatic rings. The van der Waals surface area contributed by atoms with E-state index < -0.39 is 0 Å². The molecule has 1 heterocycles. The Kier molecular flexibility index (Phi) is 7.68. The first-order valence-electron chi connectivity index (χ1n) is 6.26. The van der Waals surface area contributed by atoms with Crippen molar-refractivity contribution in [2.24, 2.45) is 5.73 Å². The molecule has 0 radical (unpaired) electrons. The summed E-state index contributed by atoms with van der Waals surface area (Å²) in [5, 5.41) is 0. The molecule has 5 heteroatoms. The first-order valence-corrected chi connectivity index (χ1v) is 6.26. The Bertz CT molecular complexity index is 289. The van der Waals surface area contributed by atoms with E-state index in [1.807, 2.05) is 19.1 Å². The Labute approximate surface area is 108 Å². The molecule has 2 unspecified atom stereocenters. The van der Waals surface area contributed by atoms with E-state index in [1.54, 1.807) is 13.4 Å². The van der Waals surface area contributed by atoms with Gasteiger partial charge < -0.3 is 24.4 Å². The maximum atomic E-state index is 6.03. The van der Waals surface area contributed by atoms with Gasteiger partial charge in [-0.1, -0.05) is 6.92 Å². The average Bonchev–Trinajstić information content (AvgIpc) is 2.91. The lowest BCUT2D eigenvalue weighted by Crippen LogP contribution is -2.30. The van der Waals surface area contributed by atoms with Crippen LogP contribution in [0.2, 0.25) is 0 Å². The van der Waals surface area contributed by atoms with Crippen LogP contribution in [-0.4, -0.2) is 39.6 Å². The molecule has 0 aliphatic carbocycles. The smallest absolute Gasteiger partial charge is 0.134 e. The quantitative estimate of drug-likeness (QED) is 0.647. The standard InChI is InChI=1S/C13H23NO4/c1-3-11(14)13(12-5-4-6-17-12)18-10-9-16-8-7-15-2/h4-6,11,13H,3,7-10,14H2,1-2H3. The number of hydrogen-bond acceptors (Lipinski definition) is 5. The number of furan rings is 1. The molecule has 0 saturated heterocycles. The number of ether oxygens (including phenoxy) is 3. The summed E-state index contributed by atoms with van der Waals surface area (Å²) in [6, 6.07) is 3.64. The Morgan fingerprint density at radius 1 is 1.28 bits per heavy atom. The van der Waals surface area contributed by atoms with Crippen LogP contribution < -0.4 is 5.73 Å². The Hall–Kier alpha value is -0.880. The van der Waals surface area contributed by atoms with Crippen LogP contribution in [0.25, 0.3) is 0 Å². The fraction of sp³-hybridized carbons (Fsp3) is 0.692. The van der Waals surface area contributed by atoms with Crippen molar-refractivity contribution in [2.45, 2.75) is 25.5 Å². The average molecular weight is 257 g/mol. The fourth-order valence-electron chi connectivity index (χ4n) is 1.56. The number of methoxy groups -OCH3 is 1. The summed E-state index contributed by atoms with van der Waals surface area (Å²) in [6.45, 7) is 4.21. The first kappa shape index (κ1) is 15.2. The van der Waals surface area contributed by atoms with Gasteiger partial charge in [0.25, 0.3) is 0 Å². The van der Waals surface area contributed by atoms with Gasteiger partial charge in [0, 0.05) is 13.2 Å². The van der Waals surface area contributed by atoms with E-state index in [4.69, 9.17) is 24.4 Å². The van der Waals surface area contributed by atoms with E-state index in [2.05, 4.69) is 0 Å². The molecule has 104 valence electrons. The number of rotatable bonds is 10. The lowest BCUT2D eigenvalue weighted by molar-refractivity contribution is -0.0243. The van der Waals surface area contributed by atoms with Crippen molar-refractivity contribution in [1.29, 1.82) is 0 Å². The molecule has 0 bridgehead atoms. The summed E-state index contributed by atoms with van der Waals surface area (Å²) in [7, 11) is 1.65. The first-order chi connectivity index (χ1) is 8.79. The molecule has 1 aromatic rings. The summed E-state index contributed by atoms with van der Waals surface area (Å²) < 4.78 is 21.3. The van der Waals surface area contributed by atoms with Gasteiger partial charge in [-0.05, 0) is 18.6 Å². The largest absolute Gasteiger partial charge is 0.467 e. The van der Waals surface area contributed by atoms with Gasteiger partial charge >= 0.3 is 0 Å². The zero-order chi connectivity index (χ0) is 13.2. The second kappa shape index (κ2) is 9.10. The van der Waals surface area contributed by atoms with E-state index in [0.29, 0.717) is 26.4 Å². The van der Waals surface area contributed by atoms with E-state index in [-0.39, 0.29) is 12.1 Å². The lowest BCUT2D eigenvalue weighted by Gasteiger charge is -2.21. The van der Waals surface area contributed by atoms with E-state index >= 15 is 0 Å². The van der Waals surface area contributed by atoms with Crippen LogP contribution in [0.1, 0.15) is 25.2 Å². The highest BCUT2D eigenvalue weighted by atomic mass is 16.5. The van der Waals surface area contributed by atoms with Gasteiger partial charge in [0.2, 0.25) is 0 Å². The molecule has 0 aromatic carbocycles. The summed E-state index contributed by atoms with van der Waals surface area (Å²) in [5.41, 5.74) is 6.03. The third-order valence-corrected chi connectivity index (χ3v) is 2.64. The highest BCUT2D eigenvalue weighted by Crippen LogP contribution is 2.22. The Balaban J connectivity index is 2.30. The van der Waals surface area contributed by atoms with Crippen LogP contribution in [0.5, 0.6) is 0 Å². The van der Waals surface area contributed by atoms with Gasteiger partial charge in [0.1, 0.15) is 11.9 Å². The van der Waals surface area contributed by atoms with Crippen molar-refractivity contribution >= 4 is 0 Å². The summed E-state index contributed by atoms with van der Waals surface area (Å²) in [5.74, 6) is 0.765. The molecule has 1 aromatic heterocycles. The molecular formula is C13H23NO4. The molecule has 0 fully saturated rings. The van der Waals surface area contributed by atoms with Gasteiger partial charge in [0.05, 0.1) is 32.7 Å². The highest BCUT2D eigenvalue weighted by Gasteiger charge is 2.21. The van der Waals surface area contributed by atoms with Gasteiger partial charge in [-0.15, -0.1) is 0 Å². The zero-order valence-corrected chi connectivity index (χ0v) is 11.1. The van der Waals surface area contributed by atoms with E-state index in [9.17, 15) is 0 Å². The molecule has 0 aliphatic heterocycles. The van der Waals surface area contributed by atoms with Crippen LogP contribution in [0.15, 0.2) is 22.8 Å². The molecule has 1 rings (SSSR count). The van der Waals surface area contributed by atoms with Gasteiger partial charge in [-0.25, -0.2) is 0 Å². The van der Waals surface area contributed by atoms with Crippen LogP contribution >= 0.6 is 0 Å². The van der Waals surface area contributed by atoms with Crippen molar-refractivity contribution < 1.29 is 18.6 Å². The summed E-state index contributed by atoms with van der Waals surface area (Å²) >= 11 is 0. The lowest BCUT2D eigenvalue weighted by atomic mass is 10.1. The summed E-state index contributed by atoms with van der Waals surface area (Å²) in [4.78, 5) is 0. The predicted octanol–water partition coefficient (Wildman–Crippen LogP) is 1.74. The predicted molar refractivity (Wildman–Crippen MR) is 68.4 cm³/mol. The third kappa shape index (κ3) is 5.18. The van der Waals surface area contributed by atoms with Crippen molar-refractivity contribution in [2.75, 3.05) is 33.5 Å². The number of nitrogens with two attached hydrogens (primary N) is 1. The topological polar surface area (TPSA) is 66.9 Å². The summed E-state index contributed by atoms with van der Waals surface area (Å²) in [6.07, 6.45) is 2.25. The Morgan fingerprint density at radius 2 is 2.06 bits per heavy atom. The minimum absolute atomic E-state index is 0.0740. The molecule has 2 atom stereocenters. The number of hydrogen-bond donors (Lipinski definition) is 1. The van der Waals surface area contributed by atoms with Crippen LogP contribution in [-0.2, 0) is 14.2 Å². The maximum absolute atomic E-state index is 6.03. The third-order valence-electron chi connectivity index (χ3n) is 2.64. The molecule has 2 N–H and O–H groups in total. The minimum atomic E-state index is -0.212. The van der Waals surface area contributed by atoms with E-state index in [1.165, 1.54) is 0 Å². The molecule has 18 heavy (non-hydrogen) atoms. The van der Waals surface area contributed by atoms with Gasteiger partial charge in [0.15, 0.2) is 0 Å². The van der Waals surface area contributed by atoms with Crippen LogP contribution in [0.4, 0.5) is 0 Å². The van der Waals surface area contributed by atoms with Crippen molar-refractivity contribution in [3.8, 4) is 0 Å². The molecule has 0 spiro atoms. The van der Waals surface area contributed by atoms with Gasteiger partial charge in [-0.2, -0.15) is 0 Å². The van der Waals surface area contributed by atoms with Crippen LogP contribution in [0, 0.1) is 0 Å². The van der Waals surface area contributed by atoms with Crippen molar-refractivity contribution in [1.82, 2.24) is 0 Å². The zero-order valence-electron chi connectivity index (χ0n) is 11.1. The normalized spacial score (nSPS) is 14.6. The molecule has 5 nitrogen and oxygen atoms in total.